The lowest BCUT2D eigenvalue weighted by Crippen LogP contribution is -2.30. The summed E-state index contributed by atoms with van der Waals surface area (Å²) in [4.78, 5) is 0. The van der Waals surface area contributed by atoms with E-state index in [9.17, 15) is 26.3 Å². The third-order valence-corrected chi connectivity index (χ3v) is 5.29. The summed E-state index contributed by atoms with van der Waals surface area (Å²) < 4.78 is 83.0. The average molecular weight is 337 g/mol. The second-order valence-electron chi connectivity index (χ2n) is 4.60. The molecular weight excluding hydrogens is 327 g/mol. The molecule has 0 aliphatic carbocycles. The van der Waals surface area contributed by atoms with E-state index in [0.29, 0.717) is 24.3 Å². The molecule has 1 nitrogen and oxygen atoms in total. The molecule has 0 heterocycles. The fraction of sp³-hybridized carbons (Fsp3) is 0.143. The zero-order valence-corrected chi connectivity index (χ0v) is 12.4. The first kappa shape index (κ1) is 16.8. The Kier molecular flexibility index (Phi) is 4.78. The van der Waals surface area contributed by atoms with Crippen molar-refractivity contribution >= 4 is 18.7 Å². The van der Waals surface area contributed by atoms with Gasteiger partial charge in [-0.3, -0.25) is 4.67 Å². The Labute approximate surface area is 124 Å². The van der Waals surface area contributed by atoms with E-state index in [4.69, 9.17) is 0 Å². The van der Waals surface area contributed by atoms with Crippen molar-refractivity contribution in [2.24, 2.45) is 0 Å². The van der Waals surface area contributed by atoms with Crippen LogP contribution in [0.15, 0.2) is 24.3 Å². The van der Waals surface area contributed by atoms with Gasteiger partial charge in [-0.05, 0) is 14.1 Å². The molecule has 22 heavy (non-hydrogen) atoms. The van der Waals surface area contributed by atoms with Gasteiger partial charge in [0.1, 0.15) is 34.9 Å². The fourth-order valence-electron chi connectivity index (χ4n) is 1.99. The van der Waals surface area contributed by atoms with Crippen LogP contribution in [0.4, 0.5) is 26.3 Å². The van der Waals surface area contributed by atoms with E-state index in [-0.39, 0.29) is 0 Å². The van der Waals surface area contributed by atoms with Gasteiger partial charge in [0.2, 0.25) is 0 Å². The molecule has 0 saturated carbocycles. The molecule has 8 heteroatoms. The van der Waals surface area contributed by atoms with Crippen LogP contribution in [0.3, 0.4) is 0 Å². The van der Waals surface area contributed by atoms with Gasteiger partial charge in [0.15, 0.2) is 0 Å². The molecular formula is C14H10F6NP. The standard InChI is InChI=1S/C14H10F6NP/c1-21(2)22(13-9(17)3-7(15)4-10(13)18)14-11(19)5-8(16)6-12(14)20/h3-6H,1-2H3. The number of benzene rings is 2. The van der Waals surface area contributed by atoms with Crippen molar-refractivity contribution in [2.75, 3.05) is 14.1 Å². The number of rotatable bonds is 3. The molecule has 0 amide bonds. The summed E-state index contributed by atoms with van der Waals surface area (Å²) in [6.07, 6.45) is 0. The maximum atomic E-state index is 13.9. The van der Waals surface area contributed by atoms with Crippen molar-refractivity contribution < 1.29 is 26.3 Å². The first-order valence-corrected chi connectivity index (χ1v) is 7.28. The van der Waals surface area contributed by atoms with Crippen LogP contribution in [0.1, 0.15) is 0 Å². The predicted octanol–water partition coefficient (Wildman–Crippen LogP) is 3.43. The third-order valence-electron chi connectivity index (χ3n) is 2.79. The van der Waals surface area contributed by atoms with Crippen LogP contribution in [0.2, 0.25) is 0 Å². The van der Waals surface area contributed by atoms with Crippen molar-refractivity contribution in [1.29, 1.82) is 0 Å². The minimum absolute atomic E-state index is 0.427. The largest absolute Gasteiger partial charge is 0.281 e. The molecule has 2 rings (SSSR count). The van der Waals surface area contributed by atoms with E-state index < -0.39 is 53.6 Å². The molecule has 2 aromatic carbocycles. The van der Waals surface area contributed by atoms with Gasteiger partial charge in [0.25, 0.3) is 0 Å². The number of hydrogen-bond donors (Lipinski definition) is 0. The summed E-state index contributed by atoms with van der Waals surface area (Å²) in [6, 6.07) is 1.71. The van der Waals surface area contributed by atoms with Crippen molar-refractivity contribution in [1.82, 2.24) is 4.67 Å². The summed E-state index contributed by atoms with van der Waals surface area (Å²) >= 11 is 0. The molecule has 2 aromatic rings. The van der Waals surface area contributed by atoms with E-state index in [1.807, 2.05) is 0 Å². The molecule has 0 saturated heterocycles. The number of halogens is 6. The van der Waals surface area contributed by atoms with E-state index in [1.54, 1.807) is 0 Å². The smallest absolute Gasteiger partial charge is 0.138 e. The van der Waals surface area contributed by atoms with Crippen LogP contribution in [0.5, 0.6) is 0 Å². The summed E-state index contributed by atoms with van der Waals surface area (Å²) in [7, 11) is 0.397. The molecule has 0 fully saturated rings. The molecule has 0 bridgehead atoms. The van der Waals surface area contributed by atoms with Crippen molar-refractivity contribution in [3.05, 3.63) is 59.2 Å². The molecule has 0 aliphatic rings. The van der Waals surface area contributed by atoms with E-state index in [0.717, 1.165) is 0 Å². The molecule has 0 radical (unpaired) electrons. The minimum Gasteiger partial charge on any atom is -0.281 e. The predicted molar refractivity (Wildman–Crippen MR) is 72.5 cm³/mol. The normalized spacial score (nSPS) is 11.5. The van der Waals surface area contributed by atoms with Gasteiger partial charge in [-0.15, -0.1) is 0 Å². The number of nitrogens with zero attached hydrogens (tertiary/aromatic N) is 1. The Balaban J connectivity index is 2.73. The number of hydrogen-bond acceptors (Lipinski definition) is 1. The molecule has 0 aromatic heterocycles. The first-order valence-electron chi connectivity index (χ1n) is 5.98. The average Bonchev–Trinajstić information content (AvgIpc) is 2.34. The quantitative estimate of drug-likeness (QED) is 0.613. The highest BCUT2D eigenvalue weighted by Gasteiger charge is 2.30. The molecule has 0 atom stereocenters. The fourth-order valence-corrected chi connectivity index (χ4v) is 4.08. The van der Waals surface area contributed by atoms with Gasteiger partial charge in [-0.1, -0.05) is 0 Å². The maximum Gasteiger partial charge on any atom is 0.138 e. The van der Waals surface area contributed by atoms with Crippen molar-refractivity contribution in [3.63, 3.8) is 0 Å². The van der Waals surface area contributed by atoms with Gasteiger partial charge in [0, 0.05) is 32.3 Å². The Bertz CT molecular complexity index is 615. The Morgan fingerprint density at radius 2 is 0.909 bits per heavy atom. The third kappa shape index (κ3) is 3.10. The Hall–Kier alpha value is -1.59. The van der Waals surface area contributed by atoms with E-state index >= 15 is 0 Å². The van der Waals surface area contributed by atoms with E-state index in [1.165, 1.54) is 18.8 Å². The van der Waals surface area contributed by atoms with Crippen LogP contribution < -0.4 is 10.6 Å². The zero-order chi connectivity index (χ0) is 16.6. The van der Waals surface area contributed by atoms with Crippen LogP contribution in [0.25, 0.3) is 0 Å². The summed E-state index contributed by atoms with van der Waals surface area (Å²) in [5.74, 6) is -7.35. The van der Waals surface area contributed by atoms with Gasteiger partial charge < -0.3 is 0 Å². The van der Waals surface area contributed by atoms with Gasteiger partial charge in [0.05, 0.1) is 10.6 Å². The molecule has 0 unspecified atom stereocenters. The van der Waals surface area contributed by atoms with Crippen molar-refractivity contribution in [2.45, 2.75) is 0 Å². The van der Waals surface area contributed by atoms with Crippen LogP contribution in [-0.2, 0) is 0 Å². The molecule has 0 aliphatic heterocycles. The second-order valence-corrected chi connectivity index (χ2v) is 6.91. The summed E-state index contributed by atoms with van der Waals surface area (Å²) in [6.45, 7) is 0. The lowest BCUT2D eigenvalue weighted by molar-refractivity contribution is 0.548. The summed E-state index contributed by atoms with van der Waals surface area (Å²) in [5.41, 5.74) is 0. The zero-order valence-electron chi connectivity index (χ0n) is 11.5. The lowest BCUT2D eigenvalue weighted by Gasteiger charge is -2.26. The van der Waals surface area contributed by atoms with Crippen LogP contribution >= 0.6 is 8.07 Å². The van der Waals surface area contributed by atoms with E-state index in [2.05, 4.69) is 0 Å². The molecule has 0 N–H and O–H groups in total. The Morgan fingerprint density at radius 3 is 1.14 bits per heavy atom. The Morgan fingerprint density at radius 1 is 0.636 bits per heavy atom. The highest BCUT2D eigenvalue weighted by atomic mass is 31.1. The SMILES string of the molecule is CN(C)P(c1c(F)cc(F)cc1F)c1c(F)cc(F)cc1F. The minimum atomic E-state index is -2.32. The highest BCUT2D eigenvalue weighted by Crippen LogP contribution is 2.39. The molecule has 0 spiro atoms. The van der Waals surface area contributed by atoms with Crippen LogP contribution in [-0.4, -0.2) is 18.8 Å². The molecule has 118 valence electrons. The summed E-state index contributed by atoms with van der Waals surface area (Å²) in [5, 5.41) is -1.32. The van der Waals surface area contributed by atoms with Gasteiger partial charge >= 0.3 is 0 Å². The topological polar surface area (TPSA) is 3.24 Å². The highest BCUT2D eigenvalue weighted by molar-refractivity contribution is 7.70. The van der Waals surface area contributed by atoms with Gasteiger partial charge in [-0.25, -0.2) is 26.3 Å². The first-order chi connectivity index (χ1) is 10.2. The van der Waals surface area contributed by atoms with Crippen LogP contribution in [0, 0.1) is 34.9 Å². The second kappa shape index (κ2) is 6.26. The van der Waals surface area contributed by atoms with Gasteiger partial charge in [-0.2, -0.15) is 0 Å². The van der Waals surface area contributed by atoms with Crippen molar-refractivity contribution in [3.8, 4) is 0 Å². The monoisotopic (exact) mass is 337 g/mol. The maximum absolute atomic E-state index is 13.9. The lowest BCUT2D eigenvalue weighted by atomic mass is 10.3.